The highest BCUT2D eigenvalue weighted by molar-refractivity contribution is 5.83. The van der Waals surface area contributed by atoms with Crippen LogP contribution in [0.4, 0.5) is 4.39 Å². The summed E-state index contributed by atoms with van der Waals surface area (Å²) in [7, 11) is 0. The van der Waals surface area contributed by atoms with Gasteiger partial charge in [-0.2, -0.15) is 0 Å². The summed E-state index contributed by atoms with van der Waals surface area (Å²) in [5, 5.41) is 7.80. The van der Waals surface area contributed by atoms with Gasteiger partial charge in [0.25, 0.3) is 0 Å². The van der Waals surface area contributed by atoms with E-state index in [1.54, 1.807) is 0 Å². The van der Waals surface area contributed by atoms with Gasteiger partial charge in [0, 0.05) is 36.2 Å². The first-order valence-electron chi connectivity index (χ1n) is 7.97. The van der Waals surface area contributed by atoms with E-state index in [9.17, 15) is 4.39 Å². The fourth-order valence-corrected chi connectivity index (χ4v) is 2.67. The van der Waals surface area contributed by atoms with Crippen molar-refractivity contribution in [2.45, 2.75) is 32.7 Å². The molecule has 0 aliphatic heterocycles. The zero-order chi connectivity index (χ0) is 15.5. The highest BCUT2D eigenvalue weighted by atomic mass is 19.1. The molecular formula is C17H23FN4. The van der Waals surface area contributed by atoms with E-state index >= 15 is 0 Å². The predicted molar refractivity (Wildman–Crippen MR) is 88.6 cm³/mol. The number of halogens is 1. The van der Waals surface area contributed by atoms with Crippen LogP contribution in [-0.2, 0) is 6.42 Å². The lowest BCUT2D eigenvalue weighted by atomic mass is 10.1. The summed E-state index contributed by atoms with van der Waals surface area (Å²) < 4.78 is 13.2. The lowest BCUT2D eigenvalue weighted by Gasteiger charge is -2.10. The molecule has 1 aromatic heterocycles. The monoisotopic (exact) mass is 302 g/mol. The molecule has 1 saturated carbocycles. The summed E-state index contributed by atoms with van der Waals surface area (Å²) in [5.41, 5.74) is 2.02. The van der Waals surface area contributed by atoms with Gasteiger partial charge >= 0.3 is 0 Å². The van der Waals surface area contributed by atoms with Crippen LogP contribution in [0.15, 0.2) is 29.4 Å². The number of fused-ring (bicyclic) bond motifs is 1. The Kier molecular flexibility index (Phi) is 4.32. The molecule has 118 valence electrons. The maximum atomic E-state index is 13.2. The summed E-state index contributed by atoms with van der Waals surface area (Å²) >= 11 is 0. The molecule has 0 amide bonds. The van der Waals surface area contributed by atoms with Crippen molar-refractivity contribution in [2.24, 2.45) is 10.9 Å². The minimum atomic E-state index is -0.212. The largest absolute Gasteiger partial charge is 0.361 e. The third kappa shape index (κ3) is 3.40. The quantitative estimate of drug-likeness (QED) is 0.587. The average Bonchev–Trinajstić information content (AvgIpc) is 3.03. The Balaban J connectivity index is 1.63. The van der Waals surface area contributed by atoms with Gasteiger partial charge in [0.2, 0.25) is 0 Å². The average molecular weight is 302 g/mol. The summed E-state index contributed by atoms with van der Waals surface area (Å²) in [6.07, 6.45) is 4.00. The van der Waals surface area contributed by atoms with E-state index in [0.29, 0.717) is 12.6 Å². The van der Waals surface area contributed by atoms with Gasteiger partial charge in [-0.1, -0.05) is 6.92 Å². The molecule has 0 bridgehead atoms. The molecule has 1 aliphatic carbocycles. The van der Waals surface area contributed by atoms with Crippen LogP contribution < -0.4 is 10.6 Å². The number of hydrogen-bond acceptors (Lipinski definition) is 1. The summed E-state index contributed by atoms with van der Waals surface area (Å²) in [6.45, 7) is 5.88. The number of aliphatic imine (C=N–C) groups is 1. The SMILES string of the molecule is CCNC(=NCCc1c[nH]c2cc(F)ccc12)NC1CC1C. The number of aromatic amines is 1. The second kappa shape index (κ2) is 6.38. The number of aromatic nitrogens is 1. The molecule has 2 aromatic rings. The third-order valence-corrected chi connectivity index (χ3v) is 4.16. The smallest absolute Gasteiger partial charge is 0.191 e. The number of nitrogens with zero attached hydrogens (tertiary/aromatic N) is 1. The van der Waals surface area contributed by atoms with Crippen molar-refractivity contribution in [2.75, 3.05) is 13.1 Å². The Bertz CT molecular complexity index is 676. The van der Waals surface area contributed by atoms with Crippen molar-refractivity contribution in [3.63, 3.8) is 0 Å². The second-order valence-corrected chi connectivity index (χ2v) is 5.98. The minimum Gasteiger partial charge on any atom is -0.361 e. The minimum absolute atomic E-state index is 0.212. The number of guanidine groups is 1. The Morgan fingerprint density at radius 1 is 1.45 bits per heavy atom. The van der Waals surface area contributed by atoms with Crippen molar-refractivity contribution in [1.29, 1.82) is 0 Å². The first-order chi connectivity index (χ1) is 10.7. The highest BCUT2D eigenvalue weighted by Crippen LogP contribution is 2.28. The normalized spacial score (nSPS) is 21.1. The van der Waals surface area contributed by atoms with Crippen molar-refractivity contribution in [3.05, 3.63) is 35.8 Å². The van der Waals surface area contributed by atoms with Gasteiger partial charge in [0.15, 0.2) is 5.96 Å². The Morgan fingerprint density at radius 3 is 3.00 bits per heavy atom. The summed E-state index contributed by atoms with van der Waals surface area (Å²) in [5.74, 6) is 1.42. The zero-order valence-electron chi connectivity index (χ0n) is 13.1. The molecule has 4 nitrogen and oxygen atoms in total. The first kappa shape index (κ1) is 14.9. The van der Waals surface area contributed by atoms with Crippen LogP contribution in [0.5, 0.6) is 0 Å². The molecule has 1 heterocycles. The van der Waals surface area contributed by atoms with Gasteiger partial charge in [-0.3, -0.25) is 4.99 Å². The Hall–Kier alpha value is -2.04. The lowest BCUT2D eigenvalue weighted by molar-refractivity contribution is 0.629. The third-order valence-electron chi connectivity index (χ3n) is 4.16. The number of H-pyrrole nitrogens is 1. The van der Waals surface area contributed by atoms with Crippen LogP contribution in [0, 0.1) is 11.7 Å². The van der Waals surface area contributed by atoms with Crippen molar-refractivity contribution >= 4 is 16.9 Å². The van der Waals surface area contributed by atoms with E-state index in [1.165, 1.54) is 24.1 Å². The molecule has 22 heavy (non-hydrogen) atoms. The van der Waals surface area contributed by atoms with E-state index in [-0.39, 0.29) is 5.82 Å². The molecule has 0 spiro atoms. The summed E-state index contributed by atoms with van der Waals surface area (Å²) in [4.78, 5) is 7.75. The van der Waals surface area contributed by atoms with Gasteiger partial charge in [-0.25, -0.2) is 4.39 Å². The van der Waals surface area contributed by atoms with Crippen molar-refractivity contribution in [1.82, 2.24) is 15.6 Å². The van der Waals surface area contributed by atoms with Gasteiger partial charge in [-0.05, 0) is 49.4 Å². The van der Waals surface area contributed by atoms with Gasteiger partial charge in [0.1, 0.15) is 5.82 Å². The number of rotatable bonds is 5. The molecule has 1 aliphatic rings. The highest BCUT2D eigenvalue weighted by Gasteiger charge is 2.33. The molecule has 3 rings (SSSR count). The van der Waals surface area contributed by atoms with E-state index in [1.807, 2.05) is 12.3 Å². The fraction of sp³-hybridized carbons (Fsp3) is 0.471. The van der Waals surface area contributed by atoms with E-state index in [2.05, 4.69) is 34.5 Å². The van der Waals surface area contributed by atoms with Crippen LogP contribution in [0.3, 0.4) is 0 Å². The van der Waals surface area contributed by atoms with Gasteiger partial charge in [-0.15, -0.1) is 0 Å². The molecule has 5 heteroatoms. The van der Waals surface area contributed by atoms with Crippen LogP contribution >= 0.6 is 0 Å². The second-order valence-electron chi connectivity index (χ2n) is 5.98. The van der Waals surface area contributed by atoms with Gasteiger partial charge < -0.3 is 15.6 Å². The maximum absolute atomic E-state index is 13.2. The number of nitrogens with one attached hydrogen (secondary N) is 3. The van der Waals surface area contributed by atoms with Crippen LogP contribution in [0.1, 0.15) is 25.8 Å². The zero-order valence-corrected chi connectivity index (χ0v) is 13.1. The summed E-state index contributed by atoms with van der Waals surface area (Å²) in [6, 6.07) is 5.43. The number of hydrogen-bond donors (Lipinski definition) is 3. The fourth-order valence-electron chi connectivity index (χ4n) is 2.67. The van der Waals surface area contributed by atoms with Crippen molar-refractivity contribution < 1.29 is 4.39 Å². The lowest BCUT2D eigenvalue weighted by Crippen LogP contribution is -2.39. The molecule has 3 N–H and O–H groups in total. The Labute approximate surface area is 130 Å². The van der Waals surface area contributed by atoms with Crippen molar-refractivity contribution in [3.8, 4) is 0 Å². The first-order valence-corrected chi connectivity index (χ1v) is 7.97. The van der Waals surface area contributed by atoms with E-state index < -0.39 is 0 Å². The maximum Gasteiger partial charge on any atom is 0.191 e. The molecule has 0 radical (unpaired) electrons. The Morgan fingerprint density at radius 2 is 2.27 bits per heavy atom. The predicted octanol–water partition coefficient (Wildman–Crippen LogP) is 2.81. The standard InChI is InChI=1S/C17H23FN4/c1-3-19-17(22-15-8-11(15)2)20-7-6-12-10-21-16-9-13(18)4-5-14(12)16/h4-5,9-11,15,21H,3,6-8H2,1-2H3,(H2,19,20,22). The number of benzene rings is 1. The molecule has 1 aromatic carbocycles. The molecule has 1 fully saturated rings. The molecular weight excluding hydrogens is 279 g/mol. The van der Waals surface area contributed by atoms with E-state index in [4.69, 9.17) is 0 Å². The van der Waals surface area contributed by atoms with E-state index in [0.717, 1.165) is 35.7 Å². The molecule has 2 unspecified atom stereocenters. The topological polar surface area (TPSA) is 52.2 Å². The van der Waals surface area contributed by atoms with Crippen LogP contribution in [0.25, 0.3) is 10.9 Å². The van der Waals surface area contributed by atoms with Gasteiger partial charge in [0.05, 0.1) is 0 Å². The van der Waals surface area contributed by atoms with Crippen LogP contribution in [0.2, 0.25) is 0 Å². The molecule has 2 atom stereocenters. The van der Waals surface area contributed by atoms with Crippen LogP contribution in [-0.4, -0.2) is 30.1 Å². The molecule has 0 saturated heterocycles.